The van der Waals surface area contributed by atoms with E-state index < -0.39 is 17.2 Å². The zero-order valence-electron chi connectivity index (χ0n) is 9.77. The lowest BCUT2D eigenvalue weighted by molar-refractivity contribution is 0.0696. The predicted octanol–water partition coefficient (Wildman–Crippen LogP) is 2.85. The van der Waals surface area contributed by atoms with Crippen LogP contribution in [0.1, 0.15) is 25.8 Å². The first-order valence-corrected chi connectivity index (χ1v) is 5.28. The Labute approximate surface area is 94.3 Å². The van der Waals surface area contributed by atoms with Gasteiger partial charge in [-0.2, -0.15) is 0 Å². The Balaban J connectivity index is 2.86. The summed E-state index contributed by atoms with van der Waals surface area (Å²) in [5.74, 6) is -1.25. The van der Waals surface area contributed by atoms with Gasteiger partial charge in [0.15, 0.2) is 5.82 Å². The maximum atomic E-state index is 13.6. The van der Waals surface area contributed by atoms with E-state index in [0.717, 1.165) is 0 Å². The monoisotopic (exact) mass is 229 g/mol. The van der Waals surface area contributed by atoms with E-state index in [4.69, 9.17) is 0 Å². The van der Waals surface area contributed by atoms with Gasteiger partial charge in [0.2, 0.25) is 0 Å². The molecule has 2 N–H and O–H groups in total. The molecule has 0 amide bonds. The number of hydrogen-bond acceptors (Lipinski definition) is 2. The van der Waals surface area contributed by atoms with Gasteiger partial charge in [0.05, 0.1) is 5.60 Å². The zero-order valence-corrected chi connectivity index (χ0v) is 9.77. The first kappa shape index (κ1) is 12.9. The van der Waals surface area contributed by atoms with Gasteiger partial charge in [-0.1, -0.05) is 13.0 Å². The number of halogens is 2. The van der Waals surface area contributed by atoms with Crippen LogP contribution in [0, 0.1) is 18.6 Å². The van der Waals surface area contributed by atoms with E-state index in [2.05, 4.69) is 5.32 Å². The molecule has 4 heteroatoms. The highest BCUT2D eigenvalue weighted by molar-refractivity contribution is 5.49. The van der Waals surface area contributed by atoms with Crippen LogP contribution >= 0.6 is 0 Å². The van der Waals surface area contributed by atoms with Crippen molar-refractivity contribution >= 4 is 5.69 Å². The van der Waals surface area contributed by atoms with Crippen LogP contribution in [0.2, 0.25) is 0 Å². The molecule has 0 aliphatic heterocycles. The van der Waals surface area contributed by atoms with Crippen molar-refractivity contribution < 1.29 is 13.9 Å². The summed E-state index contributed by atoms with van der Waals surface area (Å²) in [6.07, 6.45) is 0.509. The van der Waals surface area contributed by atoms with E-state index in [0.29, 0.717) is 12.0 Å². The molecule has 1 aromatic rings. The topological polar surface area (TPSA) is 32.3 Å². The molecular weight excluding hydrogens is 212 g/mol. The Bertz CT molecular complexity index is 378. The van der Waals surface area contributed by atoms with E-state index in [1.54, 1.807) is 13.8 Å². The number of aliphatic hydroxyl groups is 1. The molecule has 2 nitrogen and oxygen atoms in total. The number of nitrogens with one attached hydrogen (secondary N) is 1. The lowest BCUT2D eigenvalue weighted by Crippen LogP contribution is -2.33. The standard InChI is InChI=1S/C12H17F2NO/c1-4-12(3,16)7-15-11-9(13)6-5-8(2)10(11)14/h5-6,15-16H,4,7H2,1-3H3. The van der Waals surface area contributed by atoms with Gasteiger partial charge in [-0.15, -0.1) is 0 Å². The molecule has 1 unspecified atom stereocenters. The quantitative estimate of drug-likeness (QED) is 0.832. The van der Waals surface area contributed by atoms with Gasteiger partial charge in [0.25, 0.3) is 0 Å². The zero-order chi connectivity index (χ0) is 12.3. The molecule has 0 spiro atoms. The van der Waals surface area contributed by atoms with Crippen LogP contribution in [0.25, 0.3) is 0 Å². The first-order valence-electron chi connectivity index (χ1n) is 5.28. The Hall–Kier alpha value is -1.16. The van der Waals surface area contributed by atoms with Crippen molar-refractivity contribution in [2.45, 2.75) is 32.8 Å². The predicted molar refractivity (Wildman–Crippen MR) is 60.5 cm³/mol. The molecular formula is C12H17F2NO. The number of hydrogen-bond donors (Lipinski definition) is 2. The van der Waals surface area contributed by atoms with Crippen LogP contribution < -0.4 is 5.32 Å². The van der Waals surface area contributed by atoms with Crippen molar-refractivity contribution in [3.63, 3.8) is 0 Å². The van der Waals surface area contributed by atoms with Crippen molar-refractivity contribution in [2.24, 2.45) is 0 Å². The third-order valence-corrected chi connectivity index (χ3v) is 2.69. The molecule has 0 aliphatic rings. The second-order valence-electron chi connectivity index (χ2n) is 4.26. The summed E-state index contributed by atoms with van der Waals surface area (Å²) in [6.45, 7) is 5.11. The fraction of sp³-hybridized carbons (Fsp3) is 0.500. The minimum absolute atomic E-state index is 0.112. The number of benzene rings is 1. The molecule has 0 aliphatic carbocycles. The van der Waals surface area contributed by atoms with Crippen LogP contribution in [0.15, 0.2) is 12.1 Å². The molecule has 0 aromatic heterocycles. The van der Waals surface area contributed by atoms with Crippen molar-refractivity contribution in [2.75, 3.05) is 11.9 Å². The molecule has 90 valence electrons. The van der Waals surface area contributed by atoms with Gasteiger partial charge in [0, 0.05) is 6.54 Å². The fourth-order valence-corrected chi connectivity index (χ4v) is 1.22. The molecule has 0 fully saturated rings. The van der Waals surface area contributed by atoms with E-state index in [9.17, 15) is 13.9 Å². The summed E-state index contributed by atoms with van der Waals surface area (Å²) in [5, 5.41) is 12.3. The van der Waals surface area contributed by atoms with Crippen molar-refractivity contribution in [3.8, 4) is 0 Å². The lowest BCUT2D eigenvalue weighted by Gasteiger charge is -2.22. The first-order chi connectivity index (χ1) is 7.37. The largest absolute Gasteiger partial charge is 0.388 e. The Morgan fingerprint density at radius 2 is 2.00 bits per heavy atom. The third kappa shape index (κ3) is 2.92. The maximum absolute atomic E-state index is 13.6. The molecule has 0 heterocycles. The highest BCUT2D eigenvalue weighted by Gasteiger charge is 2.19. The summed E-state index contributed by atoms with van der Waals surface area (Å²) in [6, 6.07) is 2.59. The molecule has 0 radical (unpaired) electrons. The van der Waals surface area contributed by atoms with Gasteiger partial charge in [-0.25, -0.2) is 8.78 Å². The van der Waals surface area contributed by atoms with Crippen LogP contribution in [0.3, 0.4) is 0 Å². The molecule has 1 aromatic carbocycles. The average Bonchev–Trinajstić information content (AvgIpc) is 2.24. The van der Waals surface area contributed by atoms with Gasteiger partial charge in [-0.3, -0.25) is 0 Å². The fourth-order valence-electron chi connectivity index (χ4n) is 1.22. The van der Waals surface area contributed by atoms with Crippen LogP contribution in [0.5, 0.6) is 0 Å². The summed E-state index contributed by atoms with van der Waals surface area (Å²) < 4.78 is 26.9. The van der Waals surface area contributed by atoms with E-state index in [1.165, 1.54) is 12.1 Å². The Morgan fingerprint density at radius 3 is 2.56 bits per heavy atom. The minimum Gasteiger partial charge on any atom is -0.388 e. The van der Waals surface area contributed by atoms with E-state index in [-0.39, 0.29) is 12.2 Å². The second kappa shape index (κ2) is 4.78. The summed E-state index contributed by atoms with van der Waals surface area (Å²) in [4.78, 5) is 0. The average molecular weight is 229 g/mol. The summed E-state index contributed by atoms with van der Waals surface area (Å²) in [5.41, 5.74) is -0.767. The third-order valence-electron chi connectivity index (χ3n) is 2.69. The normalized spacial score (nSPS) is 14.6. The van der Waals surface area contributed by atoms with Gasteiger partial charge < -0.3 is 10.4 Å². The van der Waals surface area contributed by atoms with Crippen LogP contribution in [-0.2, 0) is 0 Å². The molecule has 0 saturated heterocycles. The van der Waals surface area contributed by atoms with Crippen molar-refractivity contribution in [1.29, 1.82) is 0 Å². The van der Waals surface area contributed by atoms with Crippen LogP contribution in [-0.4, -0.2) is 17.3 Å². The van der Waals surface area contributed by atoms with Crippen molar-refractivity contribution in [1.82, 2.24) is 0 Å². The molecule has 1 rings (SSSR count). The number of aryl methyl sites for hydroxylation is 1. The highest BCUT2D eigenvalue weighted by atomic mass is 19.1. The van der Waals surface area contributed by atoms with E-state index >= 15 is 0 Å². The Morgan fingerprint density at radius 1 is 1.38 bits per heavy atom. The van der Waals surface area contributed by atoms with Crippen LogP contribution in [0.4, 0.5) is 14.5 Å². The lowest BCUT2D eigenvalue weighted by atomic mass is 10.0. The number of anilines is 1. The molecule has 0 bridgehead atoms. The van der Waals surface area contributed by atoms with Gasteiger partial charge in [-0.05, 0) is 31.9 Å². The summed E-state index contributed by atoms with van der Waals surface area (Å²) in [7, 11) is 0. The van der Waals surface area contributed by atoms with Gasteiger partial charge in [0.1, 0.15) is 11.5 Å². The smallest absolute Gasteiger partial charge is 0.152 e. The number of rotatable bonds is 4. The SMILES string of the molecule is CCC(C)(O)CNc1c(F)ccc(C)c1F. The maximum Gasteiger partial charge on any atom is 0.152 e. The minimum atomic E-state index is -0.970. The molecule has 1 atom stereocenters. The Kier molecular flexibility index (Phi) is 3.86. The summed E-state index contributed by atoms with van der Waals surface area (Å²) >= 11 is 0. The second-order valence-corrected chi connectivity index (χ2v) is 4.26. The van der Waals surface area contributed by atoms with Crippen molar-refractivity contribution in [3.05, 3.63) is 29.3 Å². The highest BCUT2D eigenvalue weighted by Crippen LogP contribution is 2.22. The molecule has 16 heavy (non-hydrogen) atoms. The van der Waals surface area contributed by atoms with E-state index in [1.807, 2.05) is 6.92 Å². The molecule has 0 saturated carbocycles. The van der Waals surface area contributed by atoms with Gasteiger partial charge >= 0.3 is 0 Å².